The largest absolute Gasteiger partial charge is 0.392 e. The van der Waals surface area contributed by atoms with Crippen molar-refractivity contribution in [2.24, 2.45) is 5.92 Å². The predicted molar refractivity (Wildman–Crippen MR) is 72.5 cm³/mol. The lowest BCUT2D eigenvalue weighted by molar-refractivity contribution is 0.123. The third-order valence-electron chi connectivity index (χ3n) is 3.17. The van der Waals surface area contributed by atoms with E-state index in [-0.39, 0.29) is 12.0 Å². The second-order valence-corrected chi connectivity index (χ2v) is 5.12. The molecule has 4 heteroatoms. The summed E-state index contributed by atoms with van der Waals surface area (Å²) in [6.07, 6.45) is 3.61. The highest BCUT2D eigenvalue weighted by molar-refractivity contribution is 5.42. The van der Waals surface area contributed by atoms with E-state index < -0.39 is 0 Å². The first kappa shape index (κ1) is 13.1. The number of nitrogens with one attached hydrogen (secondary N) is 1. The van der Waals surface area contributed by atoms with Gasteiger partial charge in [-0.1, -0.05) is 13.8 Å². The fraction of sp³-hybridized carbons (Fsp3) is 0.500. The Balaban J connectivity index is 2.00. The maximum Gasteiger partial charge on any atom is 0.137 e. The number of pyridine rings is 1. The molecule has 0 bridgehead atoms. The van der Waals surface area contributed by atoms with Crippen LogP contribution in [0.3, 0.4) is 0 Å². The first-order valence-electron chi connectivity index (χ1n) is 6.39. The topological polar surface area (TPSA) is 49.6 Å². The van der Waals surface area contributed by atoms with Crippen molar-refractivity contribution in [1.82, 2.24) is 14.7 Å². The average molecular weight is 247 g/mol. The number of aromatic nitrogens is 2. The van der Waals surface area contributed by atoms with Crippen LogP contribution in [0.25, 0.3) is 5.65 Å². The molecule has 1 unspecified atom stereocenters. The monoisotopic (exact) mass is 247 g/mol. The highest BCUT2D eigenvalue weighted by Crippen LogP contribution is 2.09. The van der Waals surface area contributed by atoms with Gasteiger partial charge in [0.1, 0.15) is 5.65 Å². The molecule has 0 aliphatic carbocycles. The molecule has 0 saturated carbocycles. The zero-order valence-corrected chi connectivity index (χ0v) is 11.2. The van der Waals surface area contributed by atoms with Crippen molar-refractivity contribution >= 4 is 5.65 Å². The Morgan fingerprint density at radius 3 is 2.94 bits per heavy atom. The van der Waals surface area contributed by atoms with Crippen molar-refractivity contribution in [3.05, 3.63) is 35.8 Å². The van der Waals surface area contributed by atoms with Gasteiger partial charge in [-0.25, -0.2) is 4.98 Å². The van der Waals surface area contributed by atoms with Crippen LogP contribution in [0.2, 0.25) is 0 Å². The van der Waals surface area contributed by atoms with Crippen molar-refractivity contribution in [3.63, 3.8) is 0 Å². The number of fused-ring (bicyclic) bond motifs is 1. The molecule has 0 radical (unpaired) electrons. The number of hydrogen-bond acceptors (Lipinski definition) is 3. The molecule has 0 spiro atoms. The first-order valence-corrected chi connectivity index (χ1v) is 6.39. The number of rotatable bonds is 5. The zero-order chi connectivity index (χ0) is 13.1. The summed E-state index contributed by atoms with van der Waals surface area (Å²) in [5, 5.41) is 13.0. The smallest absolute Gasteiger partial charge is 0.137 e. The van der Waals surface area contributed by atoms with E-state index in [1.54, 1.807) is 0 Å². The third kappa shape index (κ3) is 2.89. The quantitative estimate of drug-likeness (QED) is 0.846. The van der Waals surface area contributed by atoms with E-state index in [0.29, 0.717) is 13.1 Å². The molecule has 0 amide bonds. The Bertz CT molecular complexity index is 519. The Kier molecular flexibility index (Phi) is 3.99. The summed E-state index contributed by atoms with van der Waals surface area (Å²) < 4.78 is 2.07. The van der Waals surface area contributed by atoms with Crippen LogP contribution in [0.1, 0.15) is 25.1 Å². The number of nitrogens with zero attached hydrogens (tertiary/aromatic N) is 2. The van der Waals surface area contributed by atoms with E-state index in [1.165, 1.54) is 5.56 Å². The van der Waals surface area contributed by atoms with Crippen LogP contribution in [0.15, 0.2) is 24.5 Å². The lowest BCUT2D eigenvalue weighted by Crippen LogP contribution is -2.30. The highest BCUT2D eigenvalue weighted by atomic mass is 16.3. The molecular weight excluding hydrogens is 226 g/mol. The molecule has 2 aromatic heterocycles. The van der Waals surface area contributed by atoms with Crippen LogP contribution >= 0.6 is 0 Å². The third-order valence-corrected chi connectivity index (χ3v) is 3.17. The van der Waals surface area contributed by atoms with Crippen LogP contribution in [0.5, 0.6) is 0 Å². The minimum atomic E-state index is -0.300. The van der Waals surface area contributed by atoms with Gasteiger partial charge in [0.05, 0.1) is 18.0 Å². The molecular formula is C14H21N3O. The minimum Gasteiger partial charge on any atom is -0.392 e. The molecule has 0 aromatic carbocycles. The fourth-order valence-corrected chi connectivity index (χ4v) is 1.85. The second-order valence-electron chi connectivity index (χ2n) is 5.12. The van der Waals surface area contributed by atoms with E-state index in [4.69, 9.17) is 0 Å². The highest BCUT2D eigenvalue weighted by Gasteiger charge is 2.09. The van der Waals surface area contributed by atoms with E-state index in [0.717, 1.165) is 11.3 Å². The van der Waals surface area contributed by atoms with Crippen molar-refractivity contribution in [2.75, 3.05) is 6.54 Å². The molecule has 0 aliphatic heterocycles. The normalized spacial score (nSPS) is 13.4. The van der Waals surface area contributed by atoms with Gasteiger partial charge in [-0.3, -0.25) is 0 Å². The van der Waals surface area contributed by atoms with Crippen molar-refractivity contribution in [3.8, 4) is 0 Å². The summed E-state index contributed by atoms with van der Waals surface area (Å²) in [6.45, 7) is 7.42. The van der Waals surface area contributed by atoms with Gasteiger partial charge in [0.2, 0.25) is 0 Å². The standard InChI is InChI=1S/C14H21N3O/c1-10(2)13(18)9-15-7-12-8-16-14-6-11(3)4-5-17(12)14/h4-6,8,10,13,15,18H,7,9H2,1-3H3. The zero-order valence-electron chi connectivity index (χ0n) is 11.2. The average Bonchev–Trinajstić information content (AvgIpc) is 2.71. The van der Waals surface area contributed by atoms with Crippen LogP contribution in [0.4, 0.5) is 0 Å². The Morgan fingerprint density at radius 2 is 2.22 bits per heavy atom. The number of hydrogen-bond donors (Lipinski definition) is 2. The van der Waals surface area contributed by atoms with E-state index in [9.17, 15) is 5.11 Å². The summed E-state index contributed by atoms with van der Waals surface area (Å²) in [5.41, 5.74) is 3.29. The van der Waals surface area contributed by atoms with Gasteiger partial charge in [-0.15, -0.1) is 0 Å². The first-order chi connectivity index (χ1) is 8.58. The Hall–Kier alpha value is -1.39. The van der Waals surface area contributed by atoms with Crippen LogP contribution in [-0.4, -0.2) is 27.1 Å². The minimum absolute atomic E-state index is 0.280. The Morgan fingerprint density at radius 1 is 1.44 bits per heavy atom. The number of imidazole rings is 1. The number of aliphatic hydroxyl groups is 1. The van der Waals surface area contributed by atoms with E-state index in [2.05, 4.69) is 33.8 Å². The summed E-state index contributed by atoms with van der Waals surface area (Å²) in [7, 11) is 0. The van der Waals surface area contributed by atoms with Gasteiger partial charge in [0.15, 0.2) is 0 Å². The molecule has 2 rings (SSSR count). The molecule has 0 aliphatic rings. The molecule has 4 nitrogen and oxygen atoms in total. The molecule has 0 saturated heterocycles. The summed E-state index contributed by atoms with van der Waals surface area (Å²) in [5.74, 6) is 0.280. The van der Waals surface area contributed by atoms with Gasteiger partial charge in [0.25, 0.3) is 0 Å². The fourth-order valence-electron chi connectivity index (χ4n) is 1.85. The van der Waals surface area contributed by atoms with Gasteiger partial charge < -0.3 is 14.8 Å². The van der Waals surface area contributed by atoms with Crippen LogP contribution < -0.4 is 5.32 Å². The van der Waals surface area contributed by atoms with E-state index >= 15 is 0 Å². The van der Waals surface area contributed by atoms with Gasteiger partial charge in [0, 0.05) is 19.3 Å². The van der Waals surface area contributed by atoms with Crippen molar-refractivity contribution < 1.29 is 5.11 Å². The lowest BCUT2D eigenvalue weighted by atomic mass is 10.1. The van der Waals surface area contributed by atoms with Crippen LogP contribution in [0, 0.1) is 12.8 Å². The van der Waals surface area contributed by atoms with Crippen molar-refractivity contribution in [1.29, 1.82) is 0 Å². The lowest BCUT2D eigenvalue weighted by Gasteiger charge is -2.14. The van der Waals surface area contributed by atoms with Crippen LogP contribution in [-0.2, 0) is 6.54 Å². The molecule has 1 atom stereocenters. The second kappa shape index (κ2) is 5.50. The molecule has 98 valence electrons. The van der Waals surface area contributed by atoms with Gasteiger partial charge in [-0.2, -0.15) is 0 Å². The molecule has 2 aromatic rings. The molecule has 0 fully saturated rings. The number of aliphatic hydroxyl groups excluding tert-OH is 1. The predicted octanol–water partition coefficient (Wildman–Crippen LogP) is 1.75. The maximum absolute atomic E-state index is 9.72. The van der Waals surface area contributed by atoms with Crippen molar-refractivity contribution in [2.45, 2.75) is 33.4 Å². The summed E-state index contributed by atoms with van der Waals surface area (Å²) in [6, 6.07) is 4.13. The number of aryl methyl sites for hydroxylation is 1. The summed E-state index contributed by atoms with van der Waals surface area (Å²) in [4.78, 5) is 4.37. The molecule has 2 N–H and O–H groups in total. The molecule has 18 heavy (non-hydrogen) atoms. The molecule has 2 heterocycles. The summed E-state index contributed by atoms with van der Waals surface area (Å²) >= 11 is 0. The SMILES string of the molecule is Cc1ccn2c(CNCC(O)C(C)C)cnc2c1. The Labute approximate surface area is 108 Å². The van der Waals surface area contributed by atoms with Gasteiger partial charge >= 0.3 is 0 Å². The maximum atomic E-state index is 9.72. The van der Waals surface area contributed by atoms with E-state index in [1.807, 2.05) is 26.2 Å². The van der Waals surface area contributed by atoms with Gasteiger partial charge in [-0.05, 0) is 30.5 Å².